The minimum Gasteiger partial charge on any atom is -0.327 e. The second-order valence-corrected chi connectivity index (χ2v) is 3.97. The number of halogens is 1. The lowest BCUT2D eigenvalue weighted by molar-refractivity contribution is 0.423. The Hall–Kier alpha value is 0.250. The van der Waals surface area contributed by atoms with Crippen LogP contribution in [0.15, 0.2) is 0 Å². The van der Waals surface area contributed by atoms with Gasteiger partial charge in [0.05, 0.1) is 0 Å². The smallest absolute Gasteiger partial charge is 0.0368 e. The molecule has 0 unspecified atom stereocenters. The van der Waals surface area contributed by atoms with Crippen molar-refractivity contribution in [2.24, 2.45) is 17.6 Å². The zero-order valence-electron chi connectivity index (χ0n) is 5.39. The van der Waals surface area contributed by atoms with Crippen LogP contribution in [0.2, 0.25) is 0 Å². The second-order valence-electron chi connectivity index (χ2n) is 3.41. The third-order valence-corrected chi connectivity index (χ3v) is 3.36. The Kier molecular flexibility index (Phi) is 1.24. The van der Waals surface area contributed by atoms with Crippen molar-refractivity contribution in [1.29, 1.82) is 0 Å². The van der Waals surface area contributed by atoms with Crippen LogP contribution >= 0.6 is 11.6 Å². The minimum atomic E-state index is 0.454. The second kappa shape index (κ2) is 1.86. The molecule has 0 saturated heterocycles. The standard InChI is InChI=1S/C7H12ClN/c8-6-2-5-1-4(6)3-7(5)9/h4-7H,1-3,9H2/t4-,5-,6+,7+/m1/s1. The molecule has 1 nitrogen and oxygen atoms in total. The van der Waals surface area contributed by atoms with Gasteiger partial charge in [0.25, 0.3) is 0 Å². The van der Waals surface area contributed by atoms with E-state index in [4.69, 9.17) is 17.3 Å². The van der Waals surface area contributed by atoms with E-state index in [1.54, 1.807) is 0 Å². The lowest BCUT2D eigenvalue weighted by atomic mass is 9.96. The molecule has 0 aromatic carbocycles. The zero-order chi connectivity index (χ0) is 6.43. The number of hydrogen-bond donors (Lipinski definition) is 1. The van der Waals surface area contributed by atoms with E-state index < -0.39 is 0 Å². The van der Waals surface area contributed by atoms with E-state index in [-0.39, 0.29) is 0 Å². The first-order chi connectivity index (χ1) is 4.27. The molecule has 4 atom stereocenters. The summed E-state index contributed by atoms with van der Waals surface area (Å²) in [6.45, 7) is 0. The zero-order valence-corrected chi connectivity index (χ0v) is 6.14. The topological polar surface area (TPSA) is 26.0 Å². The van der Waals surface area contributed by atoms with Crippen molar-refractivity contribution < 1.29 is 0 Å². The highest BCUT2D eigenvalue weighted by Crippen LogP contribution is 2.46. The maximum atomic E-state index is 6.02. The van der Waals surface area contributed by atoms with Crippen LogP contribution in [0, 0.1) is 11.8 Å². The van der Waals surface area contributed by atoms with E-state index in [1.165, 1.54) is 19.3 Å². The number of alkyl halides is 1. The number of nitrogens with two attached hydrogens (primary N) is 1. The van der Waals surface area contributed by atoms with Crippen molar-refractivity contribution in [3.8, 4) is 0 Å². The molecule has 0 aromatic rings. The molecule has 2 N–H and O–H groups in total. The largest absolute Gasteiger partial charge is 0.327 e. The molecular formula is C7H12ClN. The van der Waals surface area contributed by atoms with Gasteiger partial charge in [-0.15, -0.1) is 11.6 Å². The van der Waals surface area contributed by atoms with Gasteiger partial charge in [0, 0.05) is 11.4 Å². The predicted molar refractivity (Wildman–Crippen MR) is 38.4 cm³/mol. The Balaban J connectivity index is 2.10. The van der Waals surface area contributed by atoms with Crippen LogP contribution in [-0.4, -0.2) is 11.4 Å². The summed E-state index contributed by atoms with van der Waals surface area (Å²) in [6, 6.07) is 0.477. The lowest BCUT2D eigenvalue weighted by Crippen LogP contribution is -2.29. The highest BCUT2D eigenvalue weighted by Gasteiger charge is 2.43. The summed E-state index contributed by atoms with van der Waals surface area (Å²) < 4.78 is 0. The Morgan fingerprint density at radius 1 is 1.11 bits per heavy atom. The molecule has 9 heavy (non-hydrogen) atoms. The van der Waals surface area contributed by atoms with Gasteiger partial charge in [-0.25, -0.2) is 0 Å². The third kappa shape index (κ3) is 0.786. The highest BCUT2D eigenvalue weighted by atomic mass is 35.5. The predicted octanol–water partition coefficient (Wildman–Crippen LogP) is 1.35. The van der Waals surface area contributed by atoms with Gasteiger partial charge in [-0.3, -0.25) is 0 Å². The molecule has 0 spiro atoms. The third-order valence-electron chi connectivity index (χ3n) is 2.83. The van der Waals surface area contributed by atoms with Crippen molar-refractivity contribution >= 4 is 11.6 Å². The van der Waals surface area contributed by atoms with E-state index in [1.807, 2.05) is 0 Å². The molecule has 0 heterocycles. The Morgan fingerprint density at radius 3 is 2.22 bits per heavy atom. The monoisotopic (exact) mass is 145 g/mol. The number of rotatable bonds is 0. The van der Waals surface area contributed by atoms with Crippen molar-refractivity contribution in [2.75, 3.05) is 0 Å². The number of fused-ring (bicyclic) bond motifs is 2. The molecule has 0 radical (unpaired) electrons. The van der Waals surface area contributed by atoms with E-state index in [2.05, 4.69) is 0 Å². The average molecular weight is 146 g/mol. The molecule has 0 amide bonds. The number of hydrogen-bond acceptors (Lipinski definition) is 1. The van der Waals surface area contributed by atoms with Crippen molar-refractivity contribution in [1.82, 2.24) is 0 Å². The molecule has 0 aromatic heterocycles. The minimum absolute atomic E-state index is 0.454. The van der Waals surface area contributed by atoms with E-state index >= 15 is 0 Å². The van der Waals surface area contributed by atoms with Crippen LogP contribution in [0.4, 0.5) is 0 Å². The van der Waals surface area contributed by atoms with Crippen LogP contribution in [0.3, 0.4) is 0 Å². The fourth-order valence-corrected chi connectivity index (χ4v) is 2.68. The quantitative estimate of drug-likeness (QED) is 0.512. The van der Waals surface area contributed by atoms with E-state index in [9.17, 15) is 0 Å². The molecule has 2 saturated carbocycles. The highest BCUT2D eigenvalue weighted by molar-refractivity contribution is 6.21. The lowest BCUT2D eigenvalue weighted by Gasteiger charge is -2.20. The Labute approximate surface area is 60.6 Å². The first-order valence-corrected chi connectivity index (χ1v) is 4.10. The van der Waals surface area contributed by atoms with Gasteiger partial charge >= 0.3 is 0 Å². The SMILES string of the molecule is N[C@H]1C[C@H]2C[C@@H]1C[C@@H]2Cl. The van der Waals surface area contributed by atoms with Crippen molar-refractivity contribution in [3.63, 3.8) is 0 Å². The van der Waals surface area contributed by atoms with Gasteiger partial charge in [-0.2, -0.15) is 0 Å². The molecule has 2 fully saturated rings. The van der Waals surface area contributed by atoms with Crippen LogP contribution in [0.5, 0.6) is 0 Å². The first kappa shape index (κ1) is 5.99. The van der Waals surface area contributed by atoms with Gasteiger partial charge in [-0.05, 0) is 31.1 Å². The molecule has 2 heteroatoms. The van der Waals surface area contributed by atoms with Crippen LogP contribution in [0.25, 0.3) is 0 Å². The summed E-state index contributed by atoms with van der Waals surface area (Å²) in [6.07, 6.45) is 3.65. The first-order valence-electron chi connectivity index (χ1n) is 3.67. The van der Waals surface area contributed by atoms with Crippen LogP contribution in [0.1, 0.15) is 19.3 Å². The molecule has 2 aliphatic rings. The fourth-order valence-electron chi connectivity index (χ4n) is 2.25. The van der Waals surface area contributed by atoms with Crippen LogP contribution < -0.4 is 5.73 Å². The van der Waals surface area contributed by atoms with E-state index in [0.717, 1.165) is 11.8 Å². The summed E-state index contributed by atoms with van der Waals surface area (Å²) >= 11 is 6.02. The molecule has 2 bridgehead atoms. The Bertz CT molecular complexity index is 108. The van der Waals surface area contributed by atoms with Crippen molar-refractivity contribution in [3.05, 3.63) is 0 Å². The normalized spacial score (nSPS) is 56.7. The summed E-state index contributed by atoms with van der Waals surface area (Å²) in [4.78, 5) is 0. The summed E-state index contributed by atoms with van der Waals surface area (Å²) in [7, 11) is 0. The van der Waals surface area contributed by atoms with Gasteiger partial charge in [-0.1, -0.05) is 0 Å². The fraction of sp³-hybridized carbons (Fsp3) is 1.00. The molecule has 2 aliphatic carbocycles. The van der Waals surface area contributed by atoms with Gasteiger partial charge in [0.2, 0.25) is 0 Å². The summed E-state index contributed by atoms with van der Waals surface area (Å²) in [5.41, 5.74) is 5.82. The van der Waals surface area contributed by atoms with Crippen LogP contribution in [-0.2, 0) is 0 Å². The van der Waals surface area contributed by atoms with Crippen molar-refractivity contribution in [2.45, 2.75) is 30.7 Å². The molecular weight excluding hydrogens is 134 g/mol. The molecule has 0 aliphatic heterocycles. The van der Waals surface area contributed by atoms with Gasteiger partial charge in [0.1, 0.15) is 0 Å². The summed E-state index contributed by atoms with van der Waals surface area (Å²) in [5.74, 6) is 1.52. The molecule has 2 rings (SSSR count). The average Bonchev–Trinajstić information content (AvgIpc) is 2.24. The molecule has 52 valence electrons. The van der Waals surface area contributed by atoms with Gasteiger partial charge in [0.15, 0.2) is 0 Å². The Morgan fingerprint density at radius 2 is 1.89 bits per heavy atom. The maximum Gasteiger partial charge on any atom is 0.0368 e. The van der Waals surface area contributed by atoms with Gasteiger partial charge < -0.3 is 5.73 Å². The maximum absolute atomic E-state index is 6.02. The van der Waals surface area contributed by atoms with E-state index in [0.29, 0.717) is 11.4 Å². The summed E-state index contributed by atoms with van der Waals surface area (Å²) in [5, 5.41) is 0.454.